The lowest BCUT2D eigenvalue weighted by molar-refractivity contribution is -0.225. The number of hydrogen-bond acceptors (Lipinski definition) is 3. The number of hydrogen-bond donors (Lipinski definition) is 3. The van der Waals surface area contributed by atoms with Gasteiger partial charge in [0.15, 0.2) is 0 Å². The molecule has 5 nitrogen and oxygen atoms in total. The van der Waals surface area contributed by atoms with Crippen LogP contribution in [-0.2, 0) is 4.79 Å². The van der Waals surface area contributed by atoms with Crippen molar-refractivity contribution >= 4 is 17.4 Å². The zero-order valence-electron chi connectivity index (χ0n) is 29.9. The molecule has 0 saturated heterocycles. The molecule has 0 spiro atoms. The van der Waals surface area contributed by atoms with Crippen LogP contribution in [0.3, 0.4) is 0 Å². The first-order valence-corrected chi connectivity index (χ1v) is 18.1. The molecule has 0 unspecified atom stereocenters. The highest BCUT2D eigenvalue weighted by atomic mass is 16.4. The summed E-state index contributed by atoms with van der Waals surface area (Å²) in [6, 6.07) is 7.53. The number of amides is 1. The molecule has 0 heterocycles. The van der Waals surface area contributed by atoms with E-state index in [4.69, 9.17) is 5.73 Å². The van der Waals surface area contributed by atoms with Gasteiger partial charge in [0.05, 0.1) is 11.0 Å². The minimum Gasteiger partial charge on any atom is -0.478 e. The van der Waals surface area contributed by atoms with Crippen LogP contribution in [0.5, 0.6) is 0 Å². The van der Waals surface area contributed by atoms with Crippen LogP contribution in [0.1, 0.15) is 129 Å². The molecule has 252 valence electrons. The fraction of sp³-hybridized carbons (Fsp3) is 0.707. The van der Waals surface area contributed by atoms with E-state index in [-0.39, 0.29) is 33.0 Å². The van der Waals surface area contributed by atoms with E-state index in [0.717, 1.165) is 37.7 Å². The Hall–Kier alpha value is -2.40. The zero-order valence-corrected chi connectivity index (χ0v) is 29.9. The van der Waals surface area contributed by atoms with Crippen molar-refractivity contribution in [3.63, 3.8) is 0 Å². The molecule has 0 aliphatic heterocycles. The monoisotopic (exact) mass is 628 g/mol. The van der Waals surface area contributed by atoms with Gasteiger partial charge in [-0.3, -0.25) is 4.79 Å². The molecule has 46 heavy (non-hydrogen) atoms. The van der Waals surface area contributed by atoms with Crippen molar-refractivity contribution in [2.24, 2.45) is 62.4 Å². The molecule has 0 aromatic heterocycles. The Bertz CT molecular complexity index is 1450. The highest BCUT2D eigenvalue weighted by molar-refractivity contribution is 5.88. The Morgan fingerprint density at radius 2 is 1.61 bits per heavy atom. The number of carboxylic acid groups (broad SMARTS) is 1. The minimum absolute atomic E-state index is 0.0100. The van der Waals surface area contributed by atoms with Crippen LogP contribution in [-0.4, -0.2) is 29.1 Å². The predicted octanol–water partition coefficient (Wildman–Crippen LogP) is 8.89. The van der Waals surface area contributed by atoms with E-state index in [2.05, 4.69) is 59.5 Å². The van der Waals surface area contributed by atoms with Crippen LogP contribution < -0.4 is 11.1 Å². The van der Waals surface area contributed by atoms with Crippen molar-refractivity contribution in [2.45, 2.75) is 119 Å². The van der Waals surface area contributed by atoms with E-state index in [9.17, 15) is 14.7 Å². The maximum Gasteiger partial charge on any atom is 0.335 e. The lowest BCUT2D eigenvalue weighted by Crippen LogP contribution is -2.66. The summed E-state index contributed by atoms with van der Waals surface area (Å²) in [6.07, 6.45) is 12.5. The molecule has 5 aliphatic carbocycles. The fourth-order valence-electron chi connectivity index (χ4n) is 12.9. The Morgan fingerprint density at radius 3 is 2.22 bits per heavy atom. The number of nitrogens with two attached hydrogens (primary N) is 1. The lowest BCUT2D eigenvalue weighted by atomic mass is 9.32. The summed E-state index contributed by atoms with van der Waals surface area (Å²) >= 11 is 0. The number of carbonyl (C=O) groups excluding carboxylic acids is 1. The number of benzene rings is 1. The normalized spacial score (nSPS) is 41.2. The smallest absolute Gasteiger partial charge is 0.335 e. The molecule has 5 aliphatic rings. The molecule has 4 N–H and O–H groups in total. The summed E-state index contributed by atoms with van der Waals surface area (Å²) in [5.41, 5.74) is 10.3. The van der Waals surface area contributed by atoms with Crippen molar-refractivity contribution < 1.29 is 14.7 Å². The van der Waals surface area contributed by atoms with Crippen LogP contribution >= 0.6 is 0 Å². The Balaban J connectivity index is 1.34. The van der Waals surface area contributed by atoms with Gasteiger partial charge in [0.2, 0.25) is 5.91 Å². The van der Waals surface area contributed by atoms with Crippen LogP contribution in [0.4, 0.5) is 0 Å². The molecular formula is C41H60N2O3. The van der Waals surface area contributed by atoms with Crippen molar-refractivity contribution in [3.05, 3.63) is 53.6 Å². The Morgan fingerprint density at radius 1 is 0.935 bits per heavy atom. The molecule has 0 bridgehead atoms. The van der Waals surface area contributed by atoms with Crippen molar-refractivity contribution in [2.75, 3.05) is 6.54 Å². The number of allylic oxidation sites excluding steroid dienone is 3. The second-order valence-electron chi connectivity index (χ2n) is 18.4. The first-order chi connectivity index (χ1) is 21.3. The number of carbonyl (C=O) groups is 2. The molecule has 4 fully saturated rings. The predicted molar refractivity (Wildman–Crippen MR) is 187 cm³/mol. The lowest BCUT2D eigenvalue weighted by Gasteiger charge is -2.72. The topological polar surface area (TPSA) is 92.4 Å². The maximum atomic E-state index is 14.2. The third kappa shape index (κ3) is 4.71. The van der Waals surface area contributed by atoms with Gasteiger partial charge < -0.3 is 16.2 Å². The summed E-state index contributed by atoms with van der Waals surface area (Å²) in [6.45, 7) is 24.0. The number of rotatable bonds is 6. The second-order valence-corrected chi connectivity index (χ2v) is 18.4. The van der Waals surface area contributed by atoms with E-state index < -0.39 is 11.5 Å². The summed E-state index contributed by atoms with van der Waals surface area (Å²) in [7, 11) is 0. The third-order valence-electron chi connectivity index (χ3n) is 15.2. The van der Waals surface area contributed by atoms with E-state index in [1.54, 1.807) is 12.1 Å². The van der Waals surface area contributed by atoms with Crippen molar-refractivity contribution in [1.82, 2.24) is 5.32 Å². The van der Waals surface area contributed by atoms with E-state index in [1.165, 1.54) is 36.8 Å². The highest BCUT2D eigenvalue weighted by Gasteiger charge is 2.71. The second kappa shape index (κ2) is 10.8. The van der Waals surface area contributed by atoms with Crippen molar-refractivity contribution in [1.29, 1.82) is 0 Å². The van der Waals surface area contributed by atoms with Gasteiger partial charge in [-0.1, -0.05) is 65.0 Å². The summed E-state index contributed by atoms with van der Waals surface area (Å²) in [5, 5.41) is 12.8. The summed E-state index contributed by atoms with van der Waals surface area (Å²) in [5.74, 6) is 1.80. The molecule has 5 heteroatoms. The Labute approximate surface area is 278 Å². The number of fused-ring (bicyclic) bond motifs is 7. The quantitative estimate of drug-likeness (QED) is 0.274. The first kappa shape index (κ1) is 33.5. The van der Waals surface area contributed by atoms with Gasteiger partial charge in [0, 0.05) is 12.1 Å². The Kier molecular flexibility index (Phi) is 7.87. The standard InChI is InChI=1S/C41H60N2O3/c1-25(2)28-16-21-41(35(46)43-24-36(3,4)42)23-22-39(8)30(33(28)41)14-15-32-38(7)19-17-29(26-10-12-27(13-11-26)34(44)45)37(5,6)31(38)18-20-40(32,39)9/h10-13,17,28,30-33H,1,14-16,18-24,42H2,2-9H3,(H,43,46)(H,44,45)/t28-,30+,31-,32+,33+,38-,39+,40+,41-/m0/s1. The van der Waals surface area contributed by atoms with Crippen molar-refractivity contribution in [3.8, 4) is 0 Å². The molecule has 1 aromatic rings. The van der Waals surface area contributed by atoms with Crippen LogP contribution in [0.2, 0.25) is 0 Å². The minimum atomic E-state index is -0.876. The van der Waals surface area contributed by atoms with Gasteiger partial charge in [0.1, 0.15) is 0 Å². The van der Waals surface area contributed by atoms with E-state index in [1.807, 2.05) is 26.0 Å². The summed E-state index contributed by atoms with van der Waals surface area (Å²) in [4.78, 5) is 25.8. The number of carboxylic acids is 1. The molecule has 1 amide bonds. The average molecular weight is 629 g/mol. The van der Waals surface area contributed by atoms with Crippen LogP contribution in [0.25, 0.3) is 5.57 Å². The maximum absolute atomic E-state index is 14.2. The molecule has 0 radical (unpaired) electrons. The van der Waals surface area contributed by atoms with Gasteiger partial charge in [-0.2, -0.15) is 0 Å². The third-order valence-corrected chi connectivity index (χ3v) is 15.2. The van der Waals surface area contributed by atoms with Gasteiger partial charge in [-0.15, -0.1) is 0 Å². The van der Waals surface area contributed by atoms with Crippen LogP contribution in [0.15, 0.2) is 42.5 Å². The van der Waals surface area contributed by atoms with Crippen LogP contribution in [0, 0.1) is 56.7 Å². The molecule has 6 rings (SSSR count). The van der Waals surface area contributed by atoms with Gasteiger partial charge >= 0.3 is 5.97 Å². The fourth-order valence-corrected chi connectivity index (χ4v) is 12.9. The van der Waals surface area contributed by atoms with Gasteiger partial charge in [-0.25, -0.2) is 4.79 Å². The SMILES string of the molecule is C=C(C)[C@@H]1CC[C@]2(C(=O)NCC(C)(C)N)CC[C@]3(C)[C@H](CC[C@@H]4[C@@]5(C)CC=C(c6ccc(C(=O)O)cc6)C(C)(C)[C@@H]5CC[C@]43C)[C@@H]12. The zero-order chi connectivity index (χ0) is 33.7. The first-order valence-electron chi connectivity index (χ1n) is 18.1. The molecule has 4 saturated carbocycles. The highest BCUT2D eigenvalue weighted by Crippen LogP contribution is 2.77. The summed E-state index contributed by atoms with van der Waals surface area (Å²) < 4.78 is 0. The van der Waals surface area contributed by atoms with E-state index >= 15 is 0 Å². The average Bonchev–Trinajstić information content (AvgIpc) is 3.37. The molecule has 1 aromatic carbocycles. The van der Waals surface area contributed by atoms with Gasteiger partial charge in [-0.05, 0) is 153 Å². The largest absolute Gasteiger partial charge is 0.478 e. The van der Waals surface area contributed by atoms with E-state index in [0.29, 0.717) is 41.7 Å². The number of aromatic carboxylic acids is 1. The molecular weight excluding hydrogens is 568 g/mol. The number of nitrogens with one attached hydrogen (secondary N) is 1. The molecule has 9 atom stereocenters. The van der Waals surface area contributed by atoms with Gasteiger partial charge in [0.25, 0.3) is 0 Å².